The number of nitrogens with zero attached hydrogens (tertiary/aromatic N) is 2. The van der Waals surface area contributed by atoms with Crippen molar-refractivity contribution >= 4 is 5.97 Å². The summed E-state index contributed by atoms with van der Waals surface area (Å²) in [5.41, 5.74) is 2.14. The molecule has 0 saturated heterocycles. The van der Waals surface area contributed by atoms with Crippen LogP contribution in [0.2, 0.25) is 0 Å². The summed E-state index contributed by atoms with van der Waals surface area (Å²) < 4.78 is 5.51. The quantitative estimate of drug-likeness (QED) is 0.180. The Morgan fingerprint density at radius 2 is 1.69 bits per heavy atom. The van der Waals surface area contributed by atoms with E-state index in [9.17, 15) is 4.79 Å². The number of benzene rings is 1. The summed E-state index contributed by atoms with van der Waals surface area (Å²) in [6, 6.07) is 7.53. The second-order valence-corrected chi connectivity index (χ2v) is 9.82. The topological polar surface area (TPSA) is 52.1 Å². The number of hydrogen-bond acceptors (Lipinski definition) is 4. The van der Waals surface area contributed by atoms with Crippen molar-refractivity contribution in [3.05, 3.63) is 42.2 Å². The minimum Gasteiger partial charge on any atom is -0.427 e. The Bertz CT molecular complexity index is 843. The average molecular weight is 435 g/mol. The van der Waals surface area contributed by atoms with E-state index in [1.165, 1.54) is 69.8 Å². The Hall–Kier alpha value is -2.23. The van der Waals surface area contributed by atoms with Crippen molar-refractivity contribution in [2.75, 3.05) is 0 Å². The van der Waals surface area contributed by atoms with Crippen LogP contribution in [-0.4, -0.2) is 15.9 Å². The van der Waals surface area contributed by atoms with Crippen molar-refractivity contribution < 1.29 is 9.53 Å². The van der Waals surface area contributed by atoms with E-state index in [2.05, 4.69) is 16.9 Å². The Morgan fingerprint density at radius 1 is 0.969 bits per heavy atom. The molecule has 1 aromatic carbocycles. The molecule has 1 heterocycles. The summed E-state index contributed by atoms with van der Waals surface area (Å²) in [4.78, 5) is 21.2. The van der Waals surface area contributed by atoms with E-state index in [0.717, 1.165) is 36.2 Å². The molecule has 0 N–H and O–H groups in total. The van der Waals surface area contributed by atoms with Crippen molar-refractivity contribution in [1.29, 1.82) is 0 Å². The first-order valence-corrected chi connectivity index (χ1v) is 12.8. The van der Waals surface area contributed by atoms with Gasteiger partial charge in [-0.05, 0) is 92.5 Å². The van der Waals surface area contributed by atoms with Crippen molar-refractivity contribution in [2.45, 2.75) is 90.4 Å². The van der Waals surface area contributed by atoms with Gasteiger partial charge in [0.25, 0.3) is 0 Å². The molecule has 0 amide bonds. The molecule has 2 saturated carbocycles. The first-order valence-electron chi connectivity index (χ1n) is 12.8. The maximum absolute atomic E-state index is 12.1. The molecule has 2 atom stereocenters. The summed E-state index contributed by atoms with van der Waals surface area (Å²) >= 11 is 0. The molecule has 4 heteroatoms. The second kappa shape index (κ2) is 11.6. The maximum atomic E-state index is 12.1. The molecule has 4 nitrogen and oxygen atoms in total. The SMILES string of the molecule is CCCCCCCCc1cnc(-c2ccc(OC(=O)CCC[C@@H]3C[C@@H]3C3CC3)cc2)nc1. The molecule has 2 aromatic rings. The van der Waals surface area contributed by atoms with Crippen LogP contribution in [0.3, 0.4) is 0 Å². The third-order valence-electron chi connectivity index (χ3n) is 7.03. The third kappa shape index (κ3) is 7.15. The Balaban J connectivity index is 1.15. The average Bonchev–Trinajstić information content (AvgIpc) is 3.72. The minimum atomic E-state index is -0.128. The van der Waals surface area contributed by atoms with Crippen molar-refractivity contribution in [3.63, 3.8) is 0 Å². The molecule has 0 bridgehead atoms. The van der Waals surface area contributed by atoms with Crippen LogP contribution in [0.15, 0.2) is 36.7 Å². The van der Waals surface area contributed by atoms with Gasteiger partial charge in [0, 0.05) is 24.4 Å². The molecule has 32 heavy (non-hydrogen) atoms. The van der Waals surface area contributed by atoms with Crippen LogP contribution in [0.25, 0.3) is 11.4 Å². The van der Waals surface area contributed by atoms with Crippen molar-refractivity contribution in [3.8, 4) is 17.1 Å². The van der Waals surface area contributed by atoms with Crippen LogP contribution in [0, 0.1) is 17.8 Å². The molecule has 2 aliphatic carbocycles. The van der Waals surface area contributed by atoms with Crippen LogP contribution < -0.4 is 4.74 Å². The van der Waals surface area contributed by atoms with Crippen molar-refractivity contribution in [1.82, 2.24) is 9.97 Å². The van der Waals surface area contributed by atoms with E-state index >= 15 is 0 Å². The zero-order chi connectivity index (χ0) is 22.2. The van der Waals surface area contributed by atoms with E-state index in [1.807, 2.05) is 36.7 Å². The van der Waals surface area contributed by atoms with Crippen LogP contribution in [0.1, 0.15) is 89.5 Å². The number of esters is 1. The fraction of sp³-hybridized carbons (Fsp3) is 0.607. The standard InChI is InChI=1S/C28H38N2O2/c1-2-3-4-5-6-7-9-21-19-29-28(30-20-21)23-14-16-25(17-15-23)32-27(31)11-8-10-24-18-26(24)22-12-13-22/h14-17,19-20,22,24,26H,2-13,18H2,1H3/t24-,26-/m1/s1. The fourth-order valence-electron chi connectivity index (χ4n) is 4.81. The van der Waals surface area contributed by atoms with Gasteiger partial charge in [-0.15, -0.1) is 0 Å². The highest BCUT2D eigenvalue weighted by Crippen LogP contribution is 2.56. The zero-order valence-electron chi connectivity index (χ0n) is 19.6. The van der Waals surface area contributed by atoms with Gasteiger partial charge in [-0.3, -0.25) is 4.79 Å². The van der Waals surface area contributed by atoms with Gasteiger partial charge in [-0.1, -0.05) is 39.0 Å². The van der Waals surface area contributed by atoms with Crippen LogP contribution in [-0.2, 0) is 11.2 Å². The third-order valence-corrected chi connectivity index (χ3v) is 7.03. The van der Waals surface area contributed by atoms with E-state index in [-0.39, 0.29) is 5.97 Å². The Labute approximate surface area is 193 Å². The van der Waals surface area contributed by atoms with Gasteiger partial charge in [0.15, 0.2) is 5.82 Å². The molecule has 4 rings (SSSR count). The highest BCUT2D eigenvalue weighted by Gasteiger charge is 2.46. The van der Waals surface area contributed by atoms with Gasteiger partial charge < -0.3 is 4.74 Å². The summed E-state index contributed by atoms with van der Waals surface area (Å²) in [6.07, 6.45) is 19.6. The van der Waals surface area contributed by atoms with E-state index < -0.39 is 0 Å². The lowest BCUT2D eigenvalue weighted by Crippen LogP contribution is -2.07. The van der Waals surface area contributed by atoms with Gasteiger partial charge in [-0.2, -0.15) is 0 Å². The molecular formula is C28H38N2O2. The second-order valence-electron chi connectivity index (χ2n) is 9.82. The molecule has 0 unspecified atom stereocenters. The van der Waals surface area contributed by atoms with E-state index in [0.29, 0.717) is 18.0 Å². The molecule has 1 aromatic heterocycles. The number of unbranched alkanes of at least 4 members (excludes halogenated alkanes) is 5. The zero-order valence-corrected chi connectivity index (χ0v) is 19.6. The lowest BCUT2D eigenvalue weighted by Gasteiger charge is -2.06. The first-order chi connectivity index (χ1) is 15.7. The fourth-order valence-corrected chi connectivity index (χ4v) is 4.81. The van der Waals surface area contributed by atoms with Gasteiger partial charge in [0.1, 0.15) is 5.75 Å². The Kier molecular flexibility index (Phi) is 8.30. The van der Waals surface area contributed by atoms with Gasteiger partial charge in [0.05, 0.1) is 0 Å². The minimum absolute atomic E-state index is 0.128. The maximum Gasteiger partial charge on any atom is 0.311 e. The summed E-state index contributed by atoms with van der Waals surface area (Å²) in [5.74, 6) is 4.06. The van der Waals surface area contributed by atoms with Crippen LogP contribution in [0.5, 0.6) is 5.75 Å². The molecule has 0 aliphatic heterocycles. The van der Waals surface area contributed by atoms with Crippen LogP contribution >= 0.6 is 0 Å². The Morgan fingerprint density at radius 3 is 2.41 bits per heavy atom. The monoisotopic (exact) mass is 434 g/mol. The largest absolute Gasteiger partial charge is 0.427 e. The summed E-state index contributed by atoms with van der Waals surface area (Å²) in [5, 5.41) is 0. The molecular weight excluding hydrogens is 396 g/mol. The normalized spacial score (nSPS) is 19.7. The van der Waals surface area contributed by atoms with Crippen molar-refractivity contribution in [2.24, 2.45) is 17.8 Å². The molecule has 172 valence electrons. The lowest BCUT2D eigenvalue weighted by atomic mass is 10.1. The number of carbonyl (C=O) groups is 1. The molecule has 2 fully saturated rings. The van der Waals surface area contributed by atoms with Gasteiger partial charge >= 0.3 is 5.97 Å². The molecule has 2 aliphatic rings. The number of aromatic nitrogens is 2. The first kappa shape index (κ1) is 22.9. The van der Waals surface area contributed by atoms with Crippen LogP contribution in [0.4, 0.5) is 0 Å². The molecule has 0 spiro atoms. The smallest absolute Gasteiger partial charge is 0.311 e. The summed E-state index contributed by atoms with van der Waals surface area (Å²) in [6.45, 7) is 2.25. The van der Waals surface area contributed by atoms with E-state index in [1.54, 1.807) is 0 Å². The number of carbonyl (C=O) groups excluding carboxylic acids is 1. The van der Waals surface area contributed by atoms with E-state index in [4.69, 9.17) is 4.74 Å². The summed E-state index contributed by atoms with van der Waals surface area (Å²) in [7, 11) is 0. The number of aryl methyl sites for hydroxylation is 1. The molecule has 0 radical (unpaired) electrons. The number of rotatable bonds is 14. The van der Waals surface area contributed by atoms with Gasteiger partial charge in [0.2, 0.25) is 0 Å². The highest BCUT2D eigenvalue weighted by molar-refractivity contribution is 5.72. The predicted octanol–water partition coefficient (Wildman–Crippen LogP) is 7.17. The number of ether oxygens (including phenoxy) is 1. The lowest BCUT2D eigenvalue weighted by molar-refractivity contribution is -0.134. The highest BCUT2D eigenvalue weighted by atomic mass is 16.5. The predicted molar refractivity (Wildman–Crippen MR) is 128 cm³/mol. The van der Waals surface area contributed by atoms with Gasteiger partial charge in [-0.25, -0.2) is 9.97 Å². The number of hydrogen-bond donors (Lipinski definition) is 0.